The molecule has 1 amide bonds. The van der Waals surface area contributed by atoms with Gasteiger partial charge in [-0.3, -0.25) is 10.2 Å². The maximum atomic E-state index is 11.9. The van der Waals surface area contributed by atoms with Crippen LogP contribution in [-0.4, -0.2) is 33.7 Å². The zero-order chi connectivity index (χ0) is 16.3. The molecule has 0 aromatic heterocycles. The molecule has 0 aliphatic carbocycles. The van der Waals surface area contributed by atoms with E-state index in [0.717, 1.165) is 0 Å². The first kappa shape index (κ1) is 16.5. The van der Waals surface area contributed by atoms with Crippen LogP contribution in [0.1, 0.15) is 18.9 Å². The number of hydrogen-bond acceptors (Lipinski definition) is 5. The molecular formula is C15H20N2O4S. The summed E-state index contributed by atoms with van der Waals surface area (Å²) in [5.74, 6) is 0.581. The number of amides is 1. The molecule has 1 saturated heterocycles. The molecule has 1 heterocycles. The fourth-order valence-electron chi connectivity index (χ4n) is 2.32. The Morgan fingerprint density at radius 2 is 2.09 bits per heavy atom. The van der Waals surface area contributed by atoms with E-state index in [-0.39, 0.29) is 22.8 Å². The van der Waals surface area contributed by atoms with Gasteiger partial charge in [-0.15, -0.1) is 0 Å². The summed E-state index contributed by atoms with van der Waals surface area (Å²) in [7, 11) is -1.87. The second kappa shape index (κ2) is 6.50. The van der Waals surface area contributed by atoms with Crippen molar-refractivity contribution in [3.05, 3.63) is 29.8 Å². The van der Waals surface area contributed by atoms with Crippen molar-refractivity contribution >= 4 is 21.8 Å². The van der Waals surface area contributed by atoms with Gasteiger partial charge in [-0.2, -0.15) is 0 Å². The predicted octanol–water partition coefficient (Wildman–Crippen LogP) is 1.14. The summed E-state index contributed by atoms with van der Waals surface area (Å²) in [5, 5.41) is 0. The van der Waals surface area contributed by atoms with Crippen LogP contribution in [0, 0.1) is 5.92 Å². The molecule has 1 fully saturated rings. The molecular weight excluding hydrogens is 304 g/mol. The monoisotopic (exact) mass is 324 g/mol. The van der Waals surface area contributed by atoms with Crippen LogP contribution in [0.15, 0.2) is 29.2 Å². The lowest BCUT2D eigenvalue weighted by atomic mass is 9.96. The summed E-state index contributed by atoms with van der Waals surface area (Å²) in [4.78, 5) is 11.5. The van der Waals surface area contributed by atoms with Gasteiger partial charge in [-0.1, -0.05) is 25.1 Å². The van der Waals surface area contributed by atoms with Crippen molar-refractivity contribution in [1.82, 2.24) is 10.9 Å². The maximum Gasteiger partial charge on any atom is 0.234 e. The van der Waals surface area contributed by atoms with Crippen molar-refractivity contribution in [2.75, 3.05) is 13.4 Å². The van der Waals surface area contributed by atoms with Crippen LogP contribution >= 0.6 is 0 Å². The third kappa shape index (κ3) is 3.86. The summed E-state index contributed by atoms with van der Waals surface area (Å²) in [5.41, 5.74) is 6.08. The molecule has 0 spiro atoms. The molecule has 1 aromatic carbocycles. The van der Waals surface area contributed by atoms with E-state index in [2.05, 4.69) is 10.9 Å². The molecule has 2 rings (SSSR count). The zero-order valence-corrected chi connectivity index (χ0v) is 13.6. The van der Waals surface area contributed by atoms with Gasteiger partial charge in [0.2, 0.25) is 5.91 Å². The van der Waals surface area contributed by atoms with Gasteiger partial charge in [0.15, 0.2) is 9.84 Å². The highest BCUT2D eigenvalue weighted by atomic mass is 32.2. The van der Waals surface area contributed by atoms with Crippen molar-refractivity contribution in [1.29, 1.82) is 0 Å². The normalized spacial score (nSPS) is 22.6. The Hall–Kier alpha value is -1.86. The minimum Gasteiger partial charge on any atom is -0.497 e. The van der Waals surface area contributed by atoms with Gasteiger partial charge in [0.05, 0.1) is 12.0 Å². The molecule has 0 saturated carbocycles. The number of carbonyl (C=O) groups is 1. The standard InChI is InChI=1S/C15H20N2O4S/c1-10-8-15(18)17-16-13(10)7-5-11-4-6-12(21-2)9-14(11)22(3,19)20/h4-7,9-10,13,16H,8H2,1-3H3,(H,17,18)/b7-5+. The van der Waals surface area contributed by atoms with Crippen molar-refractivity contribution in [3.8, 4) is 5.75 Å². The number of methoxy groups -OCH3 is 1. The molecule has 7 heteroatoms. The van der Waals surface area contributed by atoms with Crippen LogP contribution in [-0.2, 0) is 14.6 Å². The first-order valence-corrected chi connectivity index (χ1v) is 8.81. The Morgan fingerprint density at radius 1 is 1.36 bits per heavy atom. The average molecular weight is 324 g/mol. The Morgan fingerprint density at radius 3 is 2.68 bits per heavy atom. The summed E-state index contributed by atoms with van der Waals surface area (Å²) in [6.45, 7) is 1.96. The molecule has 2 N–H and O–H groups in total. The van der Waals surface area contributed by atoms with Crippen molar-refractivity contribution in [2.24, 2.45) is 5.92 Å². The molecule has 1 aromatic rings. The molecule has 0 bridgehead atoms. The van der Waals surface area contributed by atoms with E-state index in [1.54, 1.807) is 18.2 Å². The van der Waals surface area contributed by atoms with Crippen LogP contribution in [0.4, 0.5) is 0 Å². The zero-order valence-electron chi connectivity index (χ0n) is 12.8. The molecule has 1 aliphatic heterocycles. The lowest BCUT2D eigenvalue weighted by molar-refractivity contribution is -0.125. The van der Waals surface area contributed by atoms with Gasteiger partial charge in [0.25, 0.3) is 0 Å². The van der Waals surface area contributed by atoms with Gasteiger partial charge in [-0.05, 0) is 23.6 Å². The van der Waals surface area contributed by atoms with Gasteiger partial charge < -0.3 is 4.74 Å². The van der Waals surface area contributed by atoms with Crippen LogP contribution in [0.3, 0.4) is 0 Å². The number of rotatable bonds is 4. The summed E-state index contributed by atoms with van der Waals surface area (Å²) >= 11 is 0. The van der Waals surface area contributed by atoms with Gasteiger partial charge >= 0.3 is 0 Å². The fourth-order valence-corrected chi connectivity index (χ4v) is 3.22. The SMILES string of the molecule is COc1ccc(/C=C/C2NNC(=O)CC2C)c(S(C)(=O)=O)c1. The lowest BCUT2D eigenvalue weighted by Gasteiger charge is -2.27. The summed E-state index contributed by atoms with van der Waals surface area (Å²) < 4.78 is 28.9. The number of nitrogens with one attached hydrogen (secondary N) is 2. The van der Waals surface area contributed by atoms with Crippen molar-refractivity contribution in [2.45, 2.75) is 24.3 Å². The van der Waals surface area contributed by atoms with Crippen LogP contribution in [0.25, 0.3) is 6.08 Å². The fraction of sp³-hybridized carbons (Fsp3) is 0.400. The number of hydrogen-bond donors (Lipinski definition) is 2. The Labute approximate surface area is 130 Å². The molecule has 120 valence electrons. The smallest absolute Gasteiger partial charge is 0.234 e. The number of ether oxygens (including phenoxy) is 1. The van der Waals surface area contributed by atoms with Crippen molar-refractivity contribution in [3.63, 3.8) is 0 Å². The van der Waals surface area contributed by atoms with Gasteiger partial charge in [-0.25, -0.2) is 13.8 Å². The van der Waals surface area contributed by atoms with Crippen LogP contribution in [0.5, 0.6) is 5.75 Å². The maximum absolute atomic E-state index is 11.9. The largest absolute Gasteiger partial charge is 0.497 e. The highest BCUT2D eigenvalue weighted by Gasteiger charge is 2.23. The minimum absolute atomic E-state index is 0.0431. The van der Waals surface area contributed by atoms with Gasteiger partial charge in [0, 0.05) is 18.7 Å². The van der Waals surface area contributed by atoms with Crippen molar-refractivity contribution < 1.29 is 17.9 Å². The van der Waals surface area contributed by atoms with Crippen LogP contribution in [0.2, 0.25) is 0 Å². The highest BCUT2D eigenvalue weighted by molar-refractivity contribution is 7.90. The molecule has 2 atom stereocenters. The first-order valence-electron chi connectivity index (χ1n) is 6.92. The van der Waals surface area contributed by atoms with Crippen LogP contribution < -0.4 is 15.6 Å². The average Bonchev–Trinajstić information content (AvgIpc) is 2.45. The van der Waals surface area contributed by atoms with E-state index in [1.807, 2.05) is 13.0 Å². The summed E-state index contributed by atoms with van der Waals surface area (Å²) in [6.07, 6.45) is 5.21. The first-order chi connectivity index (χ1) is 10.3. The number of benzene rings is 1. The summed E-state index contributed by atoms with van der Waals surface area (Å²) in [6, 6.07) is 4.88. The van der Waals surface area contributed by atoms with E-state index < -0.39 is 9.84 Å². The minimum atomic E-state index is -3.36. The molecule has 0 radical (unpaired) electrons. The predicted molar refractivity (Wildman–Crippen MR) is 84.0 cm³/mol. The molecule has 1 aliphatic rings. The number of carbonyl (C=O) groups excluding carboxylic acids is 1. The van der Waals surface area contributed by atoms with E-state index in [9.17, 15) is 13.2 Å². The Balaban J connectivity index is 2.29. The Bertz CT molecular complexity index is 697. The van der Waals surface area contributed by atoms with E-state index >= 15 is 0 Å². The second-order valence-electron chi connectivity index (χ2n) is 5.43. The van der Waals surface area contributed by atoms with E-state index in [0.29, 0.717) is 17.7 Å². The van der Waals surface area contributed by atoms with E-state index in [4.69, 9.17) is 4.74 Å². The highest BCUT2D eigenvalue weighted by Crippen LogP contribution is 2.24. The topological polar surface area (TPSA) is 84.5 Å². The second-order valence-corrected chi connectivity index (χ2v) is 7.42. The Kier molecular flexibility index (Phi) is 4.87. The third-order valence-corrected chi connectivity index (χ3v) is 4.75. The number of hydrazine groups is 1. The third-order valence-electron chi connectivity index (χ3n) is 3.60. The molecule has 22 heavy (non-hydrogen) atoms. The number of sulfone groups is 1. The molecule has 2 unspecified atom stereocenters. The quantitative estimate of drug-likeness (QED) is 0.868. The lowest BCUT2D eigenvalue weighted by Crippen LogP contribution is -2.52. The van der Waals surface area contributed by atoms with Gasteiger partial charge in [0.1, 0.15) is 5.75 Å². The molecule has 6 nitrogen and oxygen atoms in total. The van der Waals surface area contributed by atoms with E-state index in [1.165, 1.54) is 19.4 Å².